The van der Waals surface area contributed by atoms with Crippen LogP contribution in [0.4, 0.5) is 0 Å². The topological polar surface area (TPSA) is 25.8 Å². The molecule has 0 saturated heterocycles. The summed E-state index contributed by atoms with van der Waals surface area (Å²) in [6, 6.07) is 51.6. The minimum atomic E-state index is 0.734. The van der Waals surface area contributed by atoms with Gasteiger partial charge in [0.05, 0.1) is 11.2 Å². The van der Waals surface area contributed by atoms with Crippen LogP contribution in [0.25, 0.3) is 77.0 Å². The Bertz CT molecular complexity index is 2210. The molecule has 2 heteroatoms. The number of benzene rings is 7. The van der Waals surface area contributed by atoms with Crippen LogP contribution in [0.3, 0.4) is 0 Å². The summed E-state index contributed by atoms with van der Waals surface area (Å²) in [5, 5.41) is 8.54. The highest BCUT2D eigenvalue weighted by atomic mass is 14.9. The van der Waals surface area contributed by atoms with E-state index in [-0.39, 0.29) is 0 Å². The molecule has 0 fully saturated rings. The smallest absolute Gasteiger partial charge is 0.160 e. The molecule has 1 heterocycles. The fourth-order valence-corrected chi connectivity index (χ4v) is 5.77. The van der Waals surface area contributed by atoms with Gasteiger partial charge in [-0.15, -0.1) is 0 Å². The van der Waals surface area contributed by atoms with Crippen molar-refractivity contribution in [3.63, 3.8) is 0 Å². The highest BCUT2D eigenvalue weighted by Crippen LogP contribution is 2.34. The Balaban J connectivity index is 1.23. The van der Waals surface area contributed by atoms with Crippen LogP contribution < -0.4 is 0 Å². The van der Waals surface area contributed by atoms with E-state index in [2.05, 4.69) is 140 Å². The fourth-order valence-electron chi connectivity index (χ4n) is 5.77. The van der Waals surface area contributed by atoms with Crippen LogP contribution in [-0.2, 0) is 0 Å². The Hall–Kier alpha value is -5.34. The van der Waals surface area contributed by atoms with E-state index in [1.807, 2.05) is 6.07 Å². The first-order valence-corrected chi connectivity index (χ1v) is 13.6. The second-order valence-corrected chi connectivity index (χ2v) is 10.3. The lowest BCUT2D eigenvalue weighted by Gasteiger charge is -2.11. The van der Waals surface area contributed by atoms with E-state index < -0.39 is 0 Å². The second kappa shape index (κ2) is 9.14. The van der Waals surface area contributed by atoms with Crippen molar-refractivity contribution in [2.75, 3.05) is 0 Å². The second-order valence-electron chi connectivity index (χ2n) is 10.3. The van der Waals surface area contributed by atoms with Crippen molar-refractivity contribution in [3.8, 4) is 33.8 Å². The average molecular weight is 509 g/mol. The van der Waals surface area contributed by atoms with Crippen molar-refractivity contribution >= 4 is 43.2 Å². The molecule has 0 spiro atoms. The lowest BCUT2D eigenvalue weighted by molar-refractivity contribution is 1.23. The van der Waals surface area contributed by atoms with Crippen molar-refractivity contribution in [1.29, 1.82) is 0 Å². The standard InChI is InChI=1S/C38H24N2/c1-2-9-29-23-30(19-15-25(29)7-1)26-13-17-28(18-14-26)38-39-36-12-6-5-11-35(36)37(40-38)32-21-22-34-31(24-32)20-16-27-8-3-4-10-33(27)34/h1-24H. The highest BCUT2D eigenvalue weighted by molar-refractivity contribution is 6.09. The third-order valence-corrected chi connectivity index (χ3v) is 7.85. The lowest BCUT2D eigenvalue weighted by Crippen LogP contribution is -1.95. The molecule has 0 amide bonds. The number of hydrogen-bond donors (Lipinski definition) is 0. The molecule has 8 rings (SSSR count). The van der Waals surface area contributed by atoms with Crippen LogP contribution in [0, 0.1) is 0 Å². The summed E-state index contributed by atoms with van der Waals surface area (Å²) in [6.45, 7) is 0. The predicted octanol–water partition coefficient (Wildman–Crippen LogP) is 10.1. The van der Waals surface area contributed by atoms with Gasteiger partial charge in [-0.3, -0.25) is 0 Å². The van der Waals surface area contributed by atoms with Gasteiger partial charge in [0, 0.05) is 16.5 Å². The number of hydrogen-bond acceptors (Lipinski definition) is 2. The van der Waals surface area contributed by atoms with Gasteiger partial charge in [-0.2, -0.15) is 0 Å². The van der Waals surface area contributed by atoms with Gasteiger partial charge in [-0.25, -0.2) is 9.97 Å². The minimum Gasteiger partial charge on any atom is -0.228 e. The number of aromatic nitrogens is 2. The first-order valence-electron chi connectivity index (χ1n) is 13.6. The van der Waals surface area contributed by atoms with Crippen LogP contribution in [0.2, 0.25) is 0 Å². The zero-order valence-electron chi connectivity index (χ0n) is 21.8. The maximum absolute atomic E-state index is 5.14. The van der Waals surface area contributed by atoms with Gasteiger partial charge >= 0.3 is 0 Å². The minimum absolute atomic E-state index is 0.734. The molecule has 7 aromatic carbocycles. The van der Waals surface area contributed by atoms with E-state index >= 15 is 0 Å². The van der Waals surface area contributed by atoms with Crippen LogP contribution in [-0.4, -0.2) is 9.97 Å². The maximum Gasteiger partial charge on any atom is 0.160 e. The van der Waals surface area contributed by atoms with Crippen LogP contribution >= 0.6 is 0 Å². The van der Waals surface area contributed by atoms with E-state index in [0.717, 1.165) is 33.5 Å². The molecule has 1 aromatic heterocycles. The first kappa shape index (κ1) is 22.6. The number of fused-ring (bicyclic) bond motifs is 5. The molecule has 0 aliphatic rings. The molecule has 0 saturated carbocycles. The van der Waals surface area contributed by atoms with Gasteiger partial charge in [-0.05, 0) is 61.6 Å². The number of rotatable bonds is 3. The Morgan fingerprint density at radius 3 is 1.77 bits per heavy atom. The SMILES string of the molecule is c1ccc2cc(-c3ccc(-c4nc(-c5ccc6c(ccc7ccccc76)c5)c5ccccc5n4)cc3)ccc2c1. The third-order valence-electron chi connectivity index (χ3n) is 7.85. The predicted molar refractivity (Wildman–Crippen MR) is 168 cm³/mol. The van der Waals surface area contributed by atoms with Gasteiger partial charge in [0.15, 0.2) is 5.82 Å². The molecule has 0 aliphatic heterocycles. The van der Waals surface area contributed by atoms with Gasteiger partial charge in [-0.1, -0.05) is 127 Å². The molecular weight excluding hydrogens is 484 g/mol. The van der Waals surface area contributed by atoms with E-state index in [1.54, 1.807) is 0 Å². The molecule has 8 aromatic rings. The summed E-state index contributed by atoms with van der Waals surface area (Å²) in [5.41, 5.74) is 6.37. The number of para-hydroxylation sites is 1. The van der Waals surface area contributed by atoms with E-state index in [0.29, 0.717) is 0 Å². The van der Waals surface area contributed by atoms with Crippen molar-refractivity contribution in [2.45, 2.75) is 0 Å². The molecule has 0 radical (unpaired) electrons. The molecule has 2 nitrogen and oxygen atoms in total. The molecule has 0 unspecified atom stereocenters. The third kappa shape index (κ3) is 3.81. The van der Waals surface area contributed by atoms with Crippen molar-refractivity contribution < 1.29 is 0 Å². The highest BCUT2D eigenvalue weighted by Gasteiger charge is 2.13. The summed E-state index contributed by atoms with van der Waals surface area (Å²) in [6.07, 6.45) is 0. The maximum atomic E-state index is 5.14. The fraction of sp³-hybridized carbons (Fsp3) is 0. The molecule has 0 aliphatic carbocycles. The molecule has 186 valence electrons. The van der Waals surface area contributed by atoms with Crippen LogP contribution in [0.1, 0.15) is 0 Å². The van der Waals surface area contributed by atoms with Crippen molar-refractivity contribution in [2.24, 2.45) is 0 Å². The van der Waals surface area contributed by atoms with Crippen molar-refractivity contribution in [3.05, 3.63) is 146 Å². The Morgan fingerprint density at radius 2 is 0.900 bits per heavy atom. The molecular formula is C38H24N2. The van der Waals surface area contributed by atoms with Gasteiger partial charge in [0.25, 0.3) is 0 Å². The lowest BCUT2D eigenvalue weighted by atomic mass is 9.98. The molecule has 0 atom stereocenters. The van der Waals surface area contributed by atoms with Crippen LogP contribution in [0.15, 0.2) is 146 Å². The summed E-state index contributed by atoms with van der Waals surface area (Å²) in [5.74, 6) is 0.734. The summed E-state index contributed by atoms with van der Waals surface area (Å²) in [4.78, 5) is 10.1. The van der Waals surface area contributed by atoms with Crippen molar-refractivity contribution in [1.82, 2.24) is 9.97 Å². The molecule has 0 N–H and O–H groups in total. The number of nitrogens with zero attached hydrogens (tertiary/aromatic N) is 2. The zero-order valence-corrected chi connectivity index (χ0v) is 21.8. The Morgan fingerprint density at radius 1 is 0.325 bits per heavy atom. The average Bonchev–Trinajstić information content (AvgIpc) is 3.03. The van der Waals surface area contributed by atoms with E-state index in [9.17, 15) is 0 Å². The summed E-state index contributed by atoms with van der Waals surface area (Å²) >= 11 is 0. The quantitative estimate of drug-likeness (QED) is 0.222. The van der Waals surface area contributed by atoms with Gasteiger partial charge in [0.1, 0.15) is 0 Å². The largest absolute Gasteiger partial charge is 0.228 e. The molecule has 40 heavy (non-hydrogen) atoms. The van der Waals surface area contributed by atoms with E-state index in [4.69, 9.17) is 9.97 Å². The van der Waals surface area contributed by atoms with Crippen LogP contribution in [0.5, 0.6) is 0 Å². The van der Waals surface area contributed by atoms with Gasteiger partial charge in [0.2, 0.25) is 0 Å². The molecule has 0 bridgehead atoms. The first-order chi connectivity index (χ1) is 19.8. The Kier molecular flexibility index (Phi) is 5.17. The van der Waals surface area contributed by atoms with E-state index in [1.165, 1.54) is 43.4 Å². The normalized spacial score (nSPS) is 11.5. The zero-order chi connectivity index (χ0) is 26.5. The summed E-state index contributed by atoms with van der Waals surface area (Å²) in [7, 11) is 0. The monoisotopic (exact) mass is 508 g/mol. The Labute approximate surface area is 232 Å². The summed E-state index contributed by atoms with van der Waals surface area (Å²) < 4.78 is 0. The van der Waals surface area contributed by atoms with Gasteiger partial charge < -0.3 is 0 Å².